The van der Waals surface area contributed by atoms with E-state index in [-0.39, 0.29) is 29.6 Å². The van der Waals surface area contributed by atoms with E-state index in [4.69, 9.17) is 0 Å². The lowest BCUT2D eigenvalue weighted by atomic mass is 9.71. The minimum absolute atomic E-state index is 0.0156. The molecular formula is C17H17NO2. The summed E-state index contributed by atoms with van der Waals surface area (Å²) < 4.78 is 0. The second kappa shape index (κ2) is 3.60. The average Bonchev–Trinajstić information content (AvgIpc) is 3.05. The molecule has 1 saturated carbocycles. The lowest BCUT2D eigenvalue weighted by Crippen LogP contribution is -2.37. The first-order chi connectivity index (χ1) is 9.53. The molecule has 3 heteroatoms. The second-order valence-corrected chi connectivity index (χ2v) is 6.47. The molecule has 20 heavy (non-hydrogen) atoms. The molecule has 102 valence electrons. The quantitative estimate of drug-likeness (QED) is 0.579. The van der Waals surface area contributed by atoms with Gasteiger partial charge in [-0.2, -0.15) is 0 Å². The maximum atomic E-state index is 12.9. The first-order valence-corrected chi connectivity index (χ1v) is 7.17. The van der Waals surface area contributed by atoms with Crippen LogP contribution in [-0.4, -0.2) is 11.8 Å². The van der Waals surface area contributed by atoms with Gasteiger partial charge < -0.3 is 0 Å². The zero-order valence-corrected chi connectivity index (χ0v) is 11.7. The van der Waals surface area contributed by atoms with Crippen LogP contribution in [0.1, 0.15) is 18.9 Å². The Morgan fingerprint density at radius 3 is 2.50 bits per heavy atom. The molecule has 1 heterocycles. The molecule has 3 nitrogen and oxygen atoms in total. The van der Waals surface area contributed by atoms with Crippen molar-refractivity contribution >= 4 is 17.5 Å². The van der Waals surface area contributed by atoms with Gasteiger partial charge in [-0.15, -0.1) is 0 Å². The molecular weight excluding hydrogens is 250 g/mol. The maximum Gasteiger partial charge on any atom is 0.241 e. The molecule has 2 aliphatic carbocycles. The van der Waals surface area contributed by atoms with Crippen LogP contribution in [-0.2, 0) is 9.59 Å². The van der Waals surface area contributed by atoms with Gasteiger partial charge in [0.1, 0.15) is 0 Å². The minimum atomic E-state index is -0.526. The van der Waals surface area contributed by atoms with Crippen molar-refractivity contribution in [2.24, 2.45) is 23.2 Å². The number of aryl methyl sites for hydroxylation is 1. The van der Waals surface area contributed by atoms with Crippen LogP contribution in [0.5, 0.6) is 0 Å². The van der Waals surface area contributed by atoms with Crippen molar-refractivity contribution in [2.45, 2.75) is 20.3 Å². The normalized spacial score (nSPS) is 37.9. The monoisotopic (exact) mass is 267 g/mol. The Labute approximate surface area is 118 Å². The van der Waals surface area contributed by atoms with Gasteiger partial charge in [-0.25, -0.2) is 4.90 Å². The van der Waals surface area contributed by atoms with Crippen LogP contribution in [0.2, 0.25) is 0 Å². The van der Waals surface area contributed by atoms with Crippen LogP contribution in [0.15, 0.2) is 36.4 Å². The number of amides is 2. The number of hydrogen-bond acceptors (Lipinski definition) is 2. The summed E-state index contributed by atoms with van der Waals surface area (Å²) in [4.78, 5) is 27.0. The molecule has 1 aromatic carbocycles. The lowest BCUT2D eigenvalue weighted by Gasteiger charge is -2.28. The lowest BCUT2D eigenvalue weighted by molar-refractivity contribution is -0.127. The molecule has 0 spiro atoms. The van der Waals surface area contributed by atoms with Gasteiger partial charge in [0.2, 0.25) is 11.8 Å². The largest absolute Gasteiger partial charge is 0.274 e. The number of carbonyl (C=O) groups excluding carboxylic acids is 2. The summed E-state index contributed by atoms with van der Waals surface area (Å²) >= 11 is 0. The van der Waals surface area contributed by atoms with Crippen molar-refractivity contribution in [2.75, 3.05) is 4.90 Å². The molecule has 4 atom stereocenters. The van der Waals surface area contributed by atoms with Crippen molar-refractivity contribution in [3.05, 3.63) is 42.0 Å². The summed E-state index contributed by atoms with van der Waals surface area (Å²) in [6.45, 7) is 3.97. The van der Waals surface area contributed by atoms with Crippen LogP contribution in [0, 0.1) is 30.1 Å². The molecule has 2 bridgehead atoms. The molecule has 1 aromatic rings. The number of allylic oxidation sites excluding steroid dienone is 2. The van der Waals surface area contributed by atoms with Gasteiger partial charge in [-0.3, -0.25) is 9.59 Å². The molecule has 0 N–H and O–H groups in total. The van der Waals surface area contributed by atoms with Crippen molar-refractivity contribution in [1.29, 1.82) is 0 Å². The fraction of sp³-hybridized carbons (Fsp3) is 0.412. The molecule has 4 rings (SSSR count). The predicted octanol–water partition coefficient (Wildman–Crippen LogP) is 2.70. The number of carbonyl (C=O) groups is 2. The SMILES string of the molecule is Cc1ccc(N2C(=O)[C@H]3[C@H]4C=C[C@@H](C4)[C@]3(C)C2=O)cc1. The molecule has 3 aliphatic rings. The van der Waals surface area contributed by atoms with E-state index >= 15 is 0 Å². The van der Waals surface area contributed by atoms with Gasteiger partial charge in [0.05, 0.1) is 17.0 Å². The summed E-state index contributed by atoms with van der Waals surface area (Å²) in [5.41, 5.74) is 1.31. The van der Waals surface area contributed by atoms with Crippen molar-refractivity contribution < 1.29 is 9.59 Å². The summed E-state index contributed by atoms with van der Waals surface area (Å²) in [6, 6.07) is 7.62. The highest BCUT2D eigenvalue weighted by Gasteiger charge is 2.67. The Balaban J connectivity index is 1.80. The number of hydrogen-bond donors (Lipinski definition) is 0. The van der Waals surface area contributed by atoms with E-state index < -0.39 is 5.41 Å². The summed E-state index contributed by atoms with van der Waals surface area (Å²) in [7, 11) is 0. The zero-order chi connectivity index (χ0) is 14.1. The Morgan fingerprint density at radius 2 is 1.85 bits per heavy atom. The van der Waals surface area contributed by atoms with E-state index in [9.17, 15) is 9.59 Å². The third kappa shape index (κ3) is 1.21. The predicted molar refractivity (Wildman–Crippen MR) is 76.0 cm³/mol. The molecule has 2 fully saturated rings. The number of nitrogens with zero attached hydrogens (tertiary/aromatic N) is 1. The Hall–Kier alpha value is -1.90. The first-order valence-electron chi connectivity index (χ1n) is 7.17. The molecule has 1 aliphatic heterocycles. The summed E-state index contributed by atoms with van der Waals surface area (Å²) in [5, 5.41) is 0. The zero-order valence-electron chi connectivity index (χ0n) is 11.7. The maximum absolute atomic E-state index is 12.9. The van der Waals surface area contributed by atoms with E-state index in [1.165, 1.54) is 4.90 Å². The first kappa shape index (κ1) is 11.9. The van der Waals surface area contributed by atoms with Gasteiger partial charge in [0.25, 0.3) is 0 Å². The third-order valence-corrected chi connectivity index (χ3v) is 5.40. The highest BCUT2D eigenvalue weighted by Crippen LogP contribution is 2.60. The average molecular weight is 267 g/mol. The smallest absolute Gasteiger partial charge is 0.241 e. The van der Waals surface area contributed by atoms with Gasteiger partial charge in [-0.1, -0.05) is 29.8 Å². The van der Waals surface area contributed by atoms with E-state index in [0.29, 0.717) is 5.69 Å². The van der Waals surface area contributed by atoms with E-state index in [1.807, 2.05) is 38.1 Å². The number of fused-ring (bicyclic) bond motifs is 5. The molecule has 0 unspecified atom stereocenters. The van der Waals surface area contributed by atoms with Gasteiger partial charge in [0, 0.05) is 0 Å². The molecule has 0 radical (unpaired) electrons. The van der Waals surface area contributed by atoms with Gasteiger partial charge in [0.15, 0.2) is 0 Å². The van der Waals surface area contributed by atoms with Gasteiger partial charge in [-0.05, 0) is 44.2 Å². The third-order valence-electron chi connectivity index (χ3n) is 5.40. The highest BCUT2D eigenvalue weighted by atomic mass is 16.2. The standard InChI is InChI=1S/C17H17NO2/c1-10-3-7-13(8-4-10)18-15(19)14-11-5-6-12(9-11)17(14,2)16(18)20/h3-8,11-12,14H,9H2,1-2H3/t11-,12-,14+,17-/m0/s1. The van der Waals surface area contributed by atoms with Crippen molar-refractivity contribution in [3.63, 3.8) is 0 Å². The number of anilines is 1. The topological polar surface area (TPSA) is 37.4 Å². The molecule has 2 amide bonds. The molecule has 1 saturated heterocycles. The van der Waals surface area contributed by atoms with Gasteiger partial charge >= 0.3 is 0 Å². The van der Waals surface area contributed by atoms with Crippen LogP contribution in [0.25, 0.3) is 0 Å². The summed E-state index contributed by atoms with van der Waals surface area (Å²) in [6.07, 6.45) is 5.21. The number of imide groups is 1. The van der Waals surface area contributed by atoms with Crippen LogP contribution < -0.4 is 4.90 Å². The highest BCUT2D eigenvalue weighted by molar-refractivity contribution is 6.24. The second-order valence-electron chi connectivity index (χ2n) is 6.47. The number of benzene rings is 1. The van der Waals surface area contributed by atoms with Crippen LogP contribution >= 0.6 is 0 Å². The fourth-order valence-corrected chi connectivity index (χ4v) is 4.24. The Morgan fingerprint density at radius 1 is 1.15 bits per heavy atom. The van der Waals surface area contributed by atoms with Crippen LogP contribution in [0.4, 0.5) is 5.69 Å². The summed E-state index contributed by atoms with van der Waals surface area (Å²) in [5.74, 6) is 0.277. The fourth-order valence-electron chi connectivity index (χ4n) is 4.24. The van der Waals surface area contributed by atoms with E-state index in [1.54, 1.807) is 0 Å². The van der Waals surface area contributed by atoms with E-state index in [0.717, 1.165) is 12.0 Å². The Bertz CT molecular complexity index is 645. The van der Waals surface area contributed by atoms with E-state index in [2.05, 4.69) is 12.2 Å². The molecule has 0 aromatic heterocycles. The van der Waals surface area contributed by atoms with Crippen molar-refractivity contribution in [1.82, 2.24) is 0 Å². The number of rotatable bonds is 1. The van der Waals surface area contributed by atoms with Crippen molar-refractivity contribution in [3.8, 4) is 0 Å². The Kier molecular flexibility index (Phi) is 2.14. The minimum Gasteiger partial charge on any atom is -0.274 e. The van der Waals surface area contributed by atoms with Crippen LogP contribution in [0.3, 0.4) is 0 Å².